The van der Waals surface area contributed by atoms with Crippen molar-refractivity contribution >= 4 is 23.9 Å². The molecule has 2 aromatic carbocycles. The summed E-state index contributed by atoms with van der Waals surface area (Å²) in [7, 11) is 2.17. The molecule has 3 rings (SSSR count). The molecule has 1 fully saturated rings. The molecule has 0 spiro atoms. The Morgan fingerprint density at radius 2 is 1.45 bits per heavy atom. The van der Waals surface area contributed by atoms with Crippen molar-refractivity contribution in [3.8, 4) is 11.5 Å². The molecule has 1 saturated heterocycles. The van der Waals surface area contributed by atoms with Gasteiger partial charge in [0.05, 0.1) is 5.69 Å². The second-order valence-electron chi connectivity index (χ2n) is 5.89. The first-order valence-electron chi connectivity index (χ1n) is 10.3. The van der Waals surface area contributed by atoms with E-state index in [0.717, 1.165) is 43.1 Å². The molecule has 1 heterocycles. The average molecular weight is 418 g/mol. The minimum absolute atomic E-state index is 0.825. The zero-order valence-electron chi connectivity index (χ0n) is 18.4. The van der Waals surface area contributed by atoms with Crippen LogP contribution in [0.25, 0.3) is 0 Å². The lowest BCUT2D eigenvalue weighted by molar-refractivity contribution is 0.352. The van der Waals surface area contributed by atoms with Gasteiger partial charge in [-0.25, -0.2) is 0 Å². The fourth-order valence-corrected chi connectivity index (χ4v) is 2.59. The van der Waals surface area contributed by atoms with Crippen LogP contribution in [0.5, 0.6) is 11.5 Å². The lowest BCUT2D eigenvalue weighted by Gasteiger charge is -2.10. The molecule has 29 heavy (non-hydrogen) atoms. The molecule has 0 radical (unpaired) electrons. The first-order valence-corrected chi connectivity index (χ1v) is 10.6. The van der Waals surface area contributed by atoms with E-state index in [1.807, 2.05) is 82.3 Å². The summed E-state index contributed by atoms with van der Waals surface area (Å²) >= 11 is 2.83. The van der Waals surface area contributed by atoms with Gasteiger partial charge in [-0.15, -0.1) is 0 Å². The van der Waals surface area contributed by atoms with Crippen molar-refractivity contribution < 1.29 is 8.95 Å². The van der Waals surface area contributed by atoms with Gasteiger partial charge in [-0.05, 0) is 62.8 Å². The lowest BCUT2D eigenvalue weighted by atomic mass is 10.2. The standard InChI is InChI=1S/C19H23N3O.2C2H6.OS/c1-22-14-5-6-16(13-15-22)20-21-17-9-11-19(12-10-17)23-18-7-3-2-4-8-18;3*1-2/h2-4,7-12,21H,5-6,13-15H2,1H3;2*1-2H3;/b20-16-;;;. The quantitative estimate of drug-likeness (QED) is 0.611. The molecule has 1 aliphatic heterocycles. The van der Waals surface area contributed by atoms with Crippen molar-refractivity contribution in [2.24, 2.45) is 5.10 Å². The van der Waals surface area contributed by atoms with E-state index < -0.39 is 0 Å². The van der Waals surface area contributed by atoms with Crippen LogP contribution in [-0.2, 0) is 12.5 Å². The fraction of sp³-hybridized carbons (Fsp3) is 0.435. The van der Waals surface area contributed by atoms with E-state index in [-0.39, 0.29) is 0 Å². The third-order valence-corrected chi connectivity index (χ3v) is 3.96. The maximum atomic E-state index is 7.83. The molecule has 0 aliphatic carbocycles. The summed E-state index contributed by atoms with van der Waals surface area (Å²) in [5.74, 6) is 1.67. The normalized spacial score (nSPS) is 14.6. The molecule has 0 saturated carbocycles. The van der Waals surface area contributed by atoms with Crippen molar-refractivity contribution in [2.45, 2.75) is 47.0 Å². The van der Waals surface area contributed by atoms with Gasteiger partial charge in [-0.2, -0.15) is 9.31 Å². The topological polar surface area (TPSA) is 53.9 Å². The predicted molar refractivity (Wildman–Crippen MR) is 126 cm³/mol. The van der Waals surface area contributed by atoms with Crippen LogP contribution in [0.3, 0.4) is 0 Å². The molecule has 1 aliphatic rings. The highest BCUT2D eigenvalue weighted by molar-refractivity contribution is 7.44. The van der Waals surface area contributed by atoms with E-state index in [1.165, 1.54) is 12.1 Å². The van der Waals surface area contributed by atoms with Gasteiger partial charge >= 0.3 is 0 Å². The number of benzene rings is 2. The van der Waals surface area contributed by atoms with Crippen molar-refractivity contribution in [2.75, 3.05) is 25.6 Å². The predicted octanol–water partition coefficient (Wildman–Crippen LogP) is 6.08. The Balaban J connectivity index is 0.00000120. The van der Waals surface area contributed by atoms with Gasteiger partial charge in [0, 0.05) is 18.7 Å². The second kappa shape index (κ2) is 17.8. The number of anilines is 1. The maximum Gasteiger partial charge on any atom is 0.197 e. The molecule has 6 heteroatoms. The van der Waals surface area contributed by atoms with Gasteiger partial charge in [0.2, 0.25) is 0 Å². The molecular formula is C23H35N3O2S. The van der Waals surface area contributed by atoms with Crippen LogP contribution in [-0.4, -0.2) is 35.0 Å². The van der Waals surface area contributed by atoms with Gasteiger partial charge in [-0.3, -0.25) is 5.43 Å². The first-order chi connectivity index (χ1) is 14.3. The highest BCUT2D eigenvalue weighted by Gasteiger charge is 2.09. The summed E-state index contributed by atoms with van der Waals surface area (Å²) in [6.45, 7) is 10.2. The maximum absolute atomic E-state index is 7.83. The number of rotatable bonds is 4. The van der Waals surface area contributed by atoms with E-state index >= 15 is 0 Å². The number of nitrogens with zero attached hydrogens (tertiary/aromatic N) is 2. The molecule has 0 aromatic heterocycles. The van der Waals surface area contributed by atoms with E-state index in [9.17, 15) is 0 Å². The minimum Gasteiger partial charge on any atom is -0.457 e. The van der Waals surface area contributed by atoms with E-state index in [1.54, 1.807) is 0 Å². The summed E-state index contributed by atoms with van der Waals surface area (Å²) in [4.78, 5) is 2.36. The van der Waals surface area contributed by atoms with Crippen molar-refractivity contribution in [3.05, 3.63) is 54.6 Å². The van der Waals surface area contributed by atoms with Gasteiger partial charge in [0.25, 0.3) is 0 Å². The van der Waals surface area contributed by atoms with Crippen molar-refractivity contribution in [1.82, 2.24) is 4.90 Å². The largest absolute Gasteiger partial charge is 0.457 e. The Morgan fingerprint density at radius 3 is 2.07 bits per heavy atom. The number of nitrogens with one attached hydrogen (secondary N) is 1. The van der Waals surface area contributed by atoms with E-state index in [0.29, 0.717) is 0 Å². The Morgan fingerprint density at radius 1 is 0.862 bits per heavy atom. The highest BCUT2D eigenvalue weighted by Crippen LogP contribution is 2.22. The zero-order valence-corrected chi connectivity index (χ0v) is 19.2. The molecule has 0 amide bonds. The Hall–Kier alpha value is -2.31. The van der Waals surface area contributed by atoms with E-state index in [2.05, 4.69) is 35.0 Å². The highest BCUT2D eigenvalue weighted by atomic mass is 32.1. The summed E-state index contributed by atoms with van der Waals surface area (Å²) in [6.07, 6.45) is 3.30. The summed E-state index contributed by atoms with van der Waals surface area (Å²) in [6, 6.07) is 17.7. The molecule has 5 nitrogen and oxygen atoms in total. The van der Waals surface area contributed by atoms with Crippen LogP contribution in [0.15, 0.2) is 59.7 Å². The molecule has 1 N–H and O–H groups in total. The van der Waals surface area contributed by atoms with Crippen LogP contribution in [0.2, 0.25) is 0 Å². The Bertz CT molecular complexity index is 664. The molecule has 0 atom stereocenters. The number of ether oxygens (including phenoxy) is 1. The minimum atomic E-state index is 0.825. The van der Waals surface area contributed by atoms with Crippen LogP contribution in [0.1, 0.15) is 47.0 Å². The fourth-order valence-electron chi connectivity index (χ4n) is 2.59. The number of para-hydroxylation sites is 1. The molecule has 0 unspecified atom stereocenters. The number of hydrogen-bond donors (Lipinski definition) is 1. The number of likely N-dealkylation sites (tertiary alicyclic amines) is 1. The Kier molecular flexibility index (Phi) is 16.4. The van der Waals surface area contributed by atoms with Crippen LogP contribution in [0.4, 0.5) is 5.69 Å². The number of hydrazone groups is 1. The van der Waals surface area contributed by atoms with Gasteiger partial charge in [0.15, 0.2) is 12.5 Å². The van der Waals surface area contributed by atoms with Crippen molar-refractivity contribution in [1.29, 1.82) is 0 Å². The first kappa shape index (κ1) is 26.7. The van der Waals surface area contributed by atoms with Gasteiger partial charge in [-0.1, -0.05) is 45.9 Å². The summed E-state index contributed by atoms with van der Waals surface area (Å²) in [5.41, 5.74) is 5.39. The van der Waals surface area contributed by atoms with Gasteiger partial charge in [0.1, 0.15) is 11.5 Å². The third-order valence-electron chi connectivity index (χ3n) is 3.96. The Labute approximate surface area is 181 Å². The molecular weight excluding hydrogens is 382 g/mol. The molecule has 160 valence electrons. The smallest absolute Gasteiger partial charge is 0.197 e. The summed E-state index contributed by atoms with van der Waals surface area (Å²) < 4.78 is 13.6. The van der Waals surface area contributed by atoms with Gasteiger partial charge < -0.3 is 9.64 Å². The summed E-state index contributed by atoms with van der Waals surface area (Å²) in [5, 5.41) is 4.56. The monoisotopic (exact) mass is 417 g/mol. The van der Waals surface area contributed by atoms with Crippen LogP contribution < -0.4 is 10.2 Å². The zero-order chi connectivity index (χ0) is 21.9. The number of hydrogen-bond acceptors (Lipinski definition) is 6. The van der Waals surface area contributed by atoms with E-state index in [4.69, 9.17) is 8.95 Å². The SMILES string of the molecule is CC.CC.CN1CCC/C(=N/Nc2ccc(Oc3ccccc3)cc2)CC1.O=S. The van der Waals surface area contributed by atoms with Crippen molar-refractivity contribution in [3.63, 3.8) is 0 Å². The van der Waals surface area contributed by atoms with Crippen LogP contribution in [0, 0.1) is 0 Å². The second-order valence-corrected chi connectivity index (χ2v) is 5.89. The molecule has 0 bridgehead atoms. The molecule has 2 aromatic rings. The van der Waals surface area contributed by atoms with Crippen LogP contribution >= 0.6 is 0 Å². The third kappa shape index (κ3) is 11.3. The average Bonchev–Trinajstić information content (AvgIpc) is 3.02. The lowest BCUT2D eigenvalue weighted by Crippen LogP contribution is -2.18.